The lowest BCUT2D eigenvalue weighted by atomic mass is 10.2. The zero-order chi connectivity index (χ0) is 17.9. The molecule has 6 heteroatoms. The first kappa shape index (κ1) is 18.8. The molecule has 2 aromatic rings. The predicted molar refractivity (Wildman–Crippen MR) is 95.6 cm³/mol. The maximum Gasteiger partial charge on any atom is 0.255 e. The highest BCUT2D eigenvalue weighted by atomic mass is 16.5. The normalized spacial score (nSPS) is 10.3. The van der Waals surface area contributed by atoms with Gasteiger partial charge in [0.15, 0.2) is 0 Å². The first-order valence-corrected chi connectivity index (χ1v) is 7.98. The van der Waals surface area contributed by atoms with Gasteiger partial charge in [-0.05, 0) is 48.5 Å². The van der Waals surface area contributed by atoms with E-state index in [0.29, 0.717) is 43.4 Å². The number of rotatable bonds is 10. The average molecular weight is 345 g/mol. The smallest absolute Gasteiger partial charge is 0.255 e. The van der Waals surface area contributed by atoms with Crippen LogP contribution in [0.2, 0.25) is 0 Å². The van der Waals surface area contributed by atoms with Crippen molar-refractivity contribution in [3.05, 3.63) is 54.1 Å². The topological polar surface area (TPSA) is 66.0 Å². The number of anilines is 1. The van der Waals surface area contributed by atoms with Gasteiger partial charge in [0.25, 0.3) is 5.91 Å². The molecule has 0 aliphatic carbocycles. The van der Waals surface area contributed by atoms with Crippen LogP contribution in [0.15, 0.2) is 48.5 Å². The molecule has 2 aromatic carbocycles. The fourth-order valence-corrected chi connectivity index (χ4v) is 2.03. The molecular formula is C19H23NO5. The third kappa shape index (κ3) is 6.45. The van der Waals surface area contributed by atoms with Crippen LogP contribution in [0.3, 0.4) is 0 Å². The lowest BCUT2D eigenvalue weighted by Crippen LogP contribution is -2.12. The Hall–Kier alpha value is -2.57. The zero-order valence-corrected chi connectivity index (χ0v) is 14.5. The quantitative estimate of drug-likeness (QED) is 0.671. The number of benzene rings is 2. The molecule has 6 nitrogen and oxygen atoms in total. The van der Waals surface area contributed by atoms with E-state index in [1.165, 1.54) is 0 Å². The molecule has 0 saturated heterocycles. The first-order valence-electron chi connectivity index (χ1n) is 7.98. The molecule has 0 bridgehead atoms. The van der Waals surface area contributed by atoms with Crippen LogP contribution >= 0.6 is 0 Å². The van der Waals surface area contributed by atoms with Crippen LogP contribution in [0.25, 0.3) is 0 Å². The number of nitrogens with one attached hydrogen (secondary N) is 1. The first-order chi connectivity index (χ1) is 12.2. The maximum absolute atomic E-state index is 12.3. The summed E-state index contributed by atoms with van der Waals surface area (Å²) in [6, 6.07) is 14.2. The third-order valence-corrected chi connectivity index (χ3v) is 3.34. The minimum Gasteiger partial charge on any atom is -0.491 e. The van der Waals surface area contributed by atoms with Crippen molar-refractivity contribution in [3.8, 4) is 11.5 Å². The van der Waals surface area contributed by atoms with Crippen molar-refractivity contribution < 1.29 is 23.7 Å². The number of hydrogen-bond acceptors (Lipinski definition) is 5. The molecule has 0 heterocycles. The molecule has 0 radical (unpaired) electrons. The molecule has 0 aliphatic heterocycles. The van der Waals surface area contributed by atoms with Crippen LogP contribution in [-0.4, -0.2) is 46.6 Å². The summed E-state index contributed by atoms with van der Waals surface area (Å²) in [5.74, 6) is 1.25. The van der Waals surface area contributed by atoms with E-state index in [0.717, 1.165) is 5.75 Å². The Morgan fingerprint density at radius 3 is 1.72 bits per heavy atom. The predicted octanol–water partition coefficient (Wildman–Crippen LogP) is 2.99. The molecule has 25 heavy (non-hydrogen) atoms. The van der Waals surface area contributed by atoms with E-state index >= 15 is 0 Å². The van der Waals surface area contributed by atoms with E-state index in [2.05, 4.69) is 5.32 Å². The SMILES string of the molecule is COCCOc1ccc(NC(=O)c2ccc(OCCOC)cc2)cc1. The van der Waals surface area contributed by atoms with Crippen molar-refractivity contribution in [1.29, 1.82) is 0 Å². The van der Waals surface area contributed by atoms with Crippen LogP contribution in [-0.2, 0) is 9.47 Å². The van der Waals surface area contributed by atoms with Crippen molar-refractivity contribution >= 4 is 11.6 Å². The van der Waals surface area contributed by atoms with Crippen molar-refractivity contribution in [1.82, 2.24) is 0 Å². The lowest BCUT2D eigenvalue weighted by Gasteiger charge is -2.09. The Kier molecular flexibility index (Phi) is 7.75. The zero-order valence-electron chi connectivity index (χ0n) is 14.5. The molecule has 0 unspecified atom stereocenters. The molecule has 0 fully saturated rings. The Labute approximate surface area is 147 Å². The molecule has 0 saturated carbocycles. The monoisotopic (exact) mass is 345 g/mol. The molecule has 0 aliphatic rings. The second kappa shape index (κ2) is 10.3. The van der Waals surface area contributed by atoms with Crippen LogP contribution in [0.1, 0.15) is 10.4 Å². The standard InChI is InChI=1S/C19H23NO5/c1-22-11-13-24-17-7-3-15(4-8-17)19(21)20-16-5-9-18(10-6-16)25-14-12-23-2/h3-10H,11-14H2,1-2H3,(H,20,21). The molecule has 134 valence electrons. The summed E-state index contributed by atoms with van der Waals surface area (Å²) in [6.07, 6.45) is 0. The van der Waals surface area contributed by atoms with Crippen molar-refractivity contribution in [2.24, 2.45) is 0 Å². The van der Waals surface area contributed by atoms with E-state index in [1.807, 2.05) is 0 Å². The highest BCUT2D eigenvalue weighted by Gasteiger charge is 2.06. The number of ether oxygens (including phenoxy) is 4. The van der Waals surface area contributed by atoms with Gasteiger partial charge in [-0.3, -0.25) is 4.79 Å². The van der Waals surface area contributed by atoms with Gasteiger partial charge >= 0.3 is 0 Å². The number of methoxy groups -OCH3 is 2. The summed E-state index contributed by atoms with van der Waals surface area (Å²) in [7, 11) is 3.25. The van der Waals surface area contributed by atoms with Crippen molar-refractivity contribution in [3.63, 3.8) is 0 Å². The largest absolute Gasteiger partial charge is 0.491 e. The molecule has 2 rings (SSSR count). The van der Waals surface area contributed by atoms with E-state index in [-0.39, 0.29) is 5.91 Å². The highest BCUT2D eigenvalue weighted by Crippen LogP contribution is 2.17. The van der Waals surface area contributed by atoms with Gasteiger partial charge in [0, 0.05) is 25.5 Å². The minimum absolute atomic E-state index is 0.184. The Morgan fingerprint density at radius 2 is 1.24 bits per heavy atom. The Morgan fingerprint density at radius 1 is 0.760 bits per heavy atom. The summed E-state index contributed by atoms with van der Waals surface area (Å²) in [5.41, 5.74) is 1.25. The van der Waals surface area contributed by atoms with Gasteiger partial charge in [0.1, 0.15) is 24.7 Å². The summed E-state index contributed by atoms with van der Waals surface area (Å²) < 4.78 is 20.8. The van der Waals surface area contributed by atoms with Gasteiger partial charge in [0.2, 0.25) is 0 Å². The number of amides is 1. The molecular weight excluding hydrogens is 322 g/mol. The van der Waals surface area contributed by atoms with E-state index < -0.39 is 0 Å². The van der Waals surface area contributed by atoms with Gasteiger partial charge in [-0.15, -0.1) is 0 Å². The minimum atomic E-state index is -0.184. The number of hydrogen-bond donors (Lipinski definition) is 1. The Balaban J connectivity index is 1.86. The van der Waals surface area contributed by atoms with Crippen LogP contribution in [0.4, 0.5) is 5.69 Å². The second-order valence-corrected chi connectivity index (χ2v) is 5.19. The molecule has 0 atom stereocenters. The molecule has 0 spiro atoms. The van der Waals surface area contributed by atoms with E-state index in [9.17, 15) is 4.79 Å². The summed E-state index contributed by atoms with van der Waals surface area (Å²) in [5, 5.41) is 2.84. The van der Waals surface area contributed by atoms with Gasteiger partial charge in [-0.2, -0.15) is 0 Å². The lowest BCUT2D eigenvalue weighted by molar-refractivity contribution is 0.102. The summed E-state index contributed by atoms with van der Waals surface area (Å²) in [6.45, 7) is 2.01. The Bertz CT molecular complexity index is 640. The van der Waals surface area contributed by atoms with E-state index in [1.54, 1.807) is 62.8 Å². The van der Waals surface area contributed by atoms with Gasteiger partial charge in [0.05, 0.1) is 13.2 Å². The van der Waals surface area contributed by atoms with Crippen molar-refractivity contribution in [2.75, 3.05) is 46.0 Å². The molecule has 1 amide bonds. The van der Waals surface area contributed by atoms with Gasteiger partial charge in [-0.1, -0.05) is 0 Å². The highest BCUT2D eigenvalue weighted by molar-refractivity contribution is 6.04. The summed E-state index contributed by atoms with van der Waals surface area (Å²) >= 11 is 0. The fourth-order valence-electron chi connectivity index (χ4n) is 2.03. The number of carbonyl (C=O) groups excluding carboxylic acids is 1. The van der Waals surface area contributed by atoms with Crippen LogP contribution in [0, 0.1) is 0 Å². The molecule has 1 N–H and O–H groups in total. The average Bonchev–Trinajstić information content (AvgIpc) is 2.64. The fraction of sp³-hybridized carbons (Fsp3) is 0.316. The van der Waals surface area contributed by atoms with Crippen molar-refractivity contribution in [2.45, 2.75) is 0 Å². The number of carbonyl (C=O) groups is 1. The van der Waals surface area contributed by atoms with E-state index in [4.69, 9.17) is 18.9 Å². The maximum atomic E-state index is 12.3. The third-order valence-electron chi connectivity index (χ3n) is 3.34. The van der Waals surface area contributed by atoms with Crippen LogP contribution in [0.5, 0.6) is 11.5 Å². The van der Waals surface area contributed by atoms with Crippen LogP contribution < -0.4 is 14.8 Å². The second-order valence-electron chi connectivity index (χ2n) is 5.19. The summed E-state index contributed by atoms with van der Waals surface area (Å²) in [4.78, 5) is 12.3. The van der Waals surface area contributed by atoms with Gasteiger partial charge < -0.3 is 24.3 Å². The molecule has 0 aromatic heterocycles. The van der Waals surface area contributed by atoms with Gasteiger partial charge in [-0.25, -0.2) is 0 Å².